The largest absolute Gasteiger partial charge is 0.492 e. The highest BCUT2D eigenvalue weighted by atomic mass is 32.2. The highest BCUT2D eigenvalue weighted by Crippen LogP contribution is 2.50. The third-order valence-corrected chi connectivity index (χ3v) is 5.69. The van der Waals surface area contributed by atoms with Crippen LogP contribution in [0.3, 0.4) is 0 Å². The lowest BCUT2D eigenvalue weighted by Gasteiger charge is -2.21. The van der Waals surface area contributed by atoms with Crippen LogP contribution < -0.4 is 25.4 Å². The van der Waals surface area contributed by atoms with Crippen LogP contribution >= 0.6 is 11.8 Å². The Morgan fingerprint density at radius 2 is 1.86 bits per heavy atom. The minimum atomic E-state index is -0.234. The molecule has 0 aromatic heterocycles. The van der Waals surface area contributed by atoms with Gasteiger partial charge in [0.05, 0.1) is 25.2 Å². The molecule has 0 amide bonds. The first kappa shape index (κ1) is 20.6. The molecule has 0 spiro atoms. The van der Waals surface area contributed by atoms with Crippen molar-refractivity contribution in [2.45, 2.75) is 43.7 Å². The number of hydrogen-bond donors (Lipinski definition) is 1. The van der Waals surface area contributed by atoms with E-state index in [0.717, 1.165) is 35.1 Å². The molecule has 2 aromatic carbocycles. The molecular formula is C22H27NO4S. The summed E-state index contributed by atoms with van der Waals surface area (Å²) in [7, 11) is 3.23. The van der Waals surface area contributed by atoms with Crippen LogP contribution in [0.15, 0.2) is 34.0 Å². The van der Waals surface area contributed by atoms with E-state index in [1.807, 2.05) is 38.3 Å². The van der Waals surface area contributed by atoms with E-state index in [2.05, 4.69) is 0 Å². The van der Waals surface area contributed by atoms with Crippen molar-refractivity contribution in [1.29, 1.82) is 0 Å². The number of rotatable bonds is 5. The third kappa shape index (κ3) is 3.71. The summed E-state index contributed by atoms with van der Waals surface area (Å²) in [5.74, 6) is 1.81. The Morgan fingerprint density at radius 1 is 1.14 bits per heavy atom. The van der Waals surface area contributed by atoms with Crippen molar-refractivity contribution in [1.82, 2.24) is 0 Å². The second kappa shape index (κ2) is 8.45. The average Bonchev–Trinajstić information content (AvgIpc) is 2.90. The molecule has 6 heteroatoms. The van der Waals surface area contributed by atoms with E-state index in [1.54, 1.807) is 20.3 Å². The van der Waals surface area contributed by atoms with Gasteiger partial charge in [-0.15, -0.1) is 11.8 Å². The predicted octanol–water partition coefficient (Wildman–Crippen LogP) is 4.19. The second-order valence-electron chi connectivity index (χ2n) is 7.07. The van der Waals surface area contributed by atoms with Crippen molar-refractivity contribution >= 4 is 11.8 Å². The van der Waals surface area contributed by atoms with Gasteiger partial charge in [-0.05, 0) is 67.8 Å². The fourth-order valence-corrected chi connectivity index (χ4v) is 4.15. The Kier molecular flexibility index (Phi) is 6.20. The van der Waals surface area contributed by atoms with Crippen molar-refractivity contribution < 1.29 is 14.2 Å². The Balaban J connectivity index is 2.38. The number of hydrogen-bond acceptors (Lipinski definition) is 6. The van der Waals surface area contributed by atoms with E-state index in [1.165, 1.54) is 11.8 Å². The number of aryl methyl sites for hydroxylation is 1. The molecule has 0 aliphatic heterocycles. The van der Waals surface area contributed by atoms with E-state index in [4.69, 9.17) is 19.9 Å². The summed E-state index contributed by atoms with van der Waals surface area (Å²) in [6.07, 6.45) is 3.39. The van der Waals surface area contributed by atoms with Crippen molar-refractivity contribution in [3.8, 4) is 28.4 Å². The molecule has 1 aliphatic rings. The molecule has 0 saturated carbocycles. The molecule has 3 rings (SSSR count). The monoisotopic (exact) mass is 401 g/mol. The van der Waals surface area contributed by atoms with Gasteiger partial charge in [-0.1, -0.05) is 6.07 Å². The van der Waals surface area contributed by atoms with Gasteiger partial charge in [-0.3, -0.25) is 4.79 Å². The van der Waals surface area contributed by atoms with E-state index >= 15 is 0 Å². The van der Waals surface area contributed by atoms with E-state index in [0.29, 0.717) is 22.1 Å². The van der Waals surface area contributed by atoms with Crippen molar-refractivity contribution in [2.24, 2.45) is 5.73 Å². The van der Waals surface area contributed by atoms with Crippen molar-refractivity contribution in [2.75, 3.05) is 20.5 Å². The maximum absolute atomic E-state index is 12.6. The fourth-order valence-electron chi connectivity index (χ4n) is 3.69. The zero-order valence-electron chi connectivity index (χ0n) is 17.0. The molecule has 1 aliphatic carbocycles. The smallest absolute Gasteiger partial charge is 0.203 e. The lowest BCUT2D eigenvalue weighted by molar-refractivity contribution is 0.226. The normalized spacial score (nSPS) is 15.5. The maximum atomic E-state index is 12.6. The predicted molar refractivity (Wildman–Crippen MR) is 114 cm³/mol. The minimum absolute atomic E-state index is 0.00179. The van der Waals surface area contributed by atoms with Gasteiger partial charge in [0.2, 0.25) is 5.75 Å². The highest BCUT2D eigenvalue weighted by molar-refractivity contribution is 7.98. The van der Waals surface area contributed by atoms with Gasteiger partial charge in [0, 0.05) is 11.6 Å². The fraction of sp³-hybridized carbons (Fsp3) is 0.409. The summed E-state index contributed by atoms with van der Waals surface area (Å²) in [5, 5.41) is 0. The van der Waals surface area contributed by atoms with Gasteiger partial charge >= 0.3 is 0 Å². The lowest BCUT2D eigenvalue weighted by Crippen LogP contribution is -2.12. The number of ether oxygens (including phenoxy) is 3. The summed E-state index contributed by atoms with van der Waals surface area (Å²) in [4.78, 5) is 13.3. The van der Waals surface area contributed by atoms with E-state index in [9.17, 15) is 4.79 Å². The number of nitrogens with two attached hydrogens (primary N) is 1. The van der Waals surface area contributed by atoms with Gasteiger partial charge in [-0.2, -0.15) is 0 Å². The van der Waals surface area contributed by atoms with Gasteiger partial charge in [0.15, 0.2) is 16.9 Å². The Bertz CT molecular complexity index is 943. The van der Waals surface area contributed by atoms with Crippen LogP contribution in [0.5, 0.6) is 17.2 Å². The first-order valence-electron chi connectivity index (χ1n) is 9.33. The molecule has 0 unspecified atom stereocenters. The SMILES string of the molecule is COc1c(OC(C)C)cc2c(c1OC)-c1ccc(SC)c(=O)cc1[C@@H](N)CC2. The number of thioether (sulfide) groups is 1. The van der Waals surface area contributed by atoms with Crippen LogP contribution in [0.2, 0.25) is 0 Å². The number of fused-ring (bicyclic) bond motifs is 3. The Labute approximate surface area is 170 Å². The van der Waals surface area contributed by atoms with E-state index < -0.39 is 0 Å². The lowest BCUT2D eigenvalue weighted by atomic mass is 9.95. The minimum Gasteiger partial charge on any atom is -0.492 e. The Hall–Kier alpha value is -2.18. The first-order valence-corrected chi connectivity index (χ1v) is 10.6. The van der Waals surface area contributed by atoms with Crippen molar-refractivity contribution in [3.63, 3.8) is 0 Å². The molecule has 0 fully saturated rings. The molecular weight excluding hydrogens is 374 g/mol. The van der Waals surface area contributed by atoms with Gasteiger partial charge < -0.3 is 19.9 Å². The molecule has 150 valence electrons. The topological polar surface area (TPSA) is 70.8 Å². The summed E-state index contributed by atoms with van der Waals surface area (Å²) in [6.45, 7) is 3.95. The summed E-state index contributed by atoms with van der Waals surface area (Å²) in [5.41, 5.74) is 10.2. The molecule has 0 saturated heterocycles. The molecule has 2 N–H and O–H groups in total. The molecule has 0 radical (unpaired) electrons. The molecule has 1 atom stereocenters. The number of benzene rings is 1. The summed E-state index contributed by atoms with van der Waals surface area (Å²) in [6, 6.07) is 7.28. The molecule has 0 heterocycles. The van der Waals surface area contributed by atoms with Crippen LogP contribution in [0.1, 0.15) is 37.4 Å². The molecule has 2 aromatic rings. The Morgan fingerprint density at radius 3 is 2.46 bits per heavy atom. The number of methoxy groups -OCH3 is 2. The van der Waals surface area contributed by atoms with Gasteiger partial charge in [0.25, 0.3) is 0 Å². The first-order chi connectivity index (χ1) is 13.4. The van der Waals surface area contributed by atoms with Crippen LogP contribution in [0.25, 0.3) is 11.1 Å². The van der Waals surface area contributed by atoms with Crippen LogP contribution in [-0.2, 0) is 6.42 Å². The summed E-state index contributed by atoms with van der Waals surface area (Å²) >= 11 is 1.43. The van der Waals surface area contributed by atoms with Gasteiger partial charge in [0.1, 0.15) is 0 Å². The highest BCUT2D eigenvalue weighted by Gasteiger charge is 2.28. The molecule has 5 nitrogen and oxygen atoms in total. The quantitative estimate of drug-likeness (QED) is 0.758. The second-order valence-corrected chi connectivity index (χ2v) is 7.91. The van der Waals surface area contributed by atoms with Gasteiger partial charge in [-0.25, -0.2) is 0 Å². The summed E-state index contributed by atoms with van der Waals surface area (Å²) < 4.78 is 17.4. The zero-order chi connectivity index (χ0) is 20.4. The third-order valence-electron chi connectivity index (χ3n) is 4.91. The average molecular weight is 402 g/mol. The molecule has 28 heavy (non-hydrogen) atoms. The van der Waals surface area contributed by atoms with Crippen molar-refractivity contribution in [3.05, 3.63) is 45.6 Å². The maximum Gasteiger partial charge on any atom is 0.203 e. The van der Waals surface area contributed by atoms with Crippen LogP contribution in [0.4, 0.5) is 0 Å². The zero-order valence-corrected chi connectivity index (χ0v) is 17.8. The van der Waals surface area contributed by atoms with E-state index in [-0.39, 0.29) is 17.6 Å². The standard InChI is InChI=1S/C22H27NO4S/c1-12(2)27-18-10-13-6-8-16(23)15-11-17(24)19(28-5)9-7-14(15)20(13)22(26-4)21(18)25-3/h7,9-12,16H,6,8,23H2,1-5H3/t16-/m0/s1. The molecule has 0 bridgehead atoms. The van der Waals surface area contributed by atoms with Crippen LogP contribution in [0, 0.1) is 0 Å². The van der Waals surface area contributed by atoms with Crippen LogP contribution in [-0.4, -0.2) is 26.6 Å².